The molecule has 0 bridgehead atoms. The Morgan fingerprint density at radius 3 is 2.05 bits per heavy atom. The minimum Gasteiger partial charge on any atom is -0.340 e. The predicted octanol–water partition coefficient (Wildman–Crippen LogP) is 4.10. The van der Waals surface area contributed by atoms with Crippen molar-refractivity contribution in [1.29, 1.82) is 0 Å². The molecular weight excluding hydrogens is 270 g/mol. The highest BCUT2D eigenvalue weighted by Gasteiger charge is 2.18. The maximum Gasteiger partial charge on any atom is 0.223 e. The van der Waals surface area contributed by atoms with E-state index in [2.05, 4.69) is 50.2 Å². The molecule has 0 aliphatic carbocycles. The molecule has 0 N–H and O–H groups in total. The SMILES string of the molecule is CCN(C(=O)CCc1ccccc1)C(C)Cc1ccccc1. The summed E-state index contributed by atoms with van der Waals surface area (Å²) in [5.41, 5.74) is 2.51. The van der Waals surface area contributed by atoms with E-state index in [0.717, 1.165) is 19.4 Å². The fraction of sp³-hybridized carbons (Fsp3) is 0.350. The molecule has 2 rings (SSSR count). The van der Waals surface area contributed by atoms with Gasteiger partial charge >= 0.3 is 0 Å². The van der Waals surface area contributed by atoms with Crippen molar-refractivity contribution in [3.05, 3.63) is 71.8 Å². The van der Waals surface area contributed by atoms with E-state index in [1.807, 2.05) is 29.2 Å². The summed E-state index contributed by atoms with van der Waals surface area (Å²) < 4.78 is 0. The summed E-state index contributed by atoms with van der Waals surface area (Å²) in [5.74, 6) is 0.245. The number of carbonyl (C=O) groups excluding carboxylic acids is 1. The molecule has 2 aromatic rings. The molecule has 116 valence electrons. The smallest absolute Gasteiger partial charge is 0.223 e. The fourth-order valence-electron chi connectivity index (χ4n) is 2.84. The van der Waals surface area contributed by atoms with Gasteiger partial charge in [0, 0.05) is 19.0 Å². The first-order valence-electron chi connectivity index (χ1n) is 8.08. The predicted molar refractivity (Wildman–Crippen MR) is 91.8 cm³/mol. The van der Waals surface area contributed by atoms with E-state index in [0.29, 0.717) is 6.42 Å². The molecule has 0 fully saturated rings. The molecule has 0 aromatic heterocycles. The monoisotopic (exact) mass is 295 g/mol. The van der Waals surface area contributed by atoms with Crippen molar-refractivity contribution < 1.29 is 4.79 Å². The van der Waals surface area contributed by atoms with E-state index in [1.165, 1.54) is 11.1 Å². The molecule has 1 unspecified atom stereocenters. The molecule has 0 radical (unpaired) electrons. The normalized spacial score (nSPS) is 11.9. The zero-order valence-electron chi connectivity index (χ0n) is 13.5. The zero-order valence-corrected chi connectivity index (χ0v) is 13.5. The van der Waals surface area contributed by atoms with Gasteiger partial charge in [0.25, 0.3) is 0 Å². The summed E-state index contributed by atoms with van der Waals surface area (Å²) >= 11 is 0. The van der Waals surface area contributed by atoms with Crippen LogP contribution in [0.3, 0.4) is 0 Å². The number of benzene rings is 2. The highest BCUT2D eigenvalue weighted by atomic mass is 16.2. The van der Waals surface area contributed by atoms with Gasteiger partial charge in [0.05, 0.1) is 0 Å². The second kappa shape index (κ2) is 8.38. The maximum atomic E-state index is 12.5. The van der Waals surface area contributed by atoms with Crippen LogP contribution in [0.4, 0.5) is 0 Å². The lowest BCUT2D eigenvalue weighted by Crippen LogP contribution is -2.39. The van der Waals surface area contributed by atoms with E-state index >= 15 is 0 Å². The number of hydrogen-bond acceptors (Lipinski definition) is 1. The average Bonchev–Trinajstić information content (AvgIpc) is 2.55. The number of aryl methyl sites for hydroxylation is 1. The van der Waals surface area contributed by atoms with E-state index in [1.54, 1.807) is 0 Å². The van der Waals surface area contributed by atoms with Crippen LogP contribution in [0.1, 0.15) is 31.4 Å². The molecule has 1 amide bonds. The summed E-state index contributed by atoms with van der Waals surface area (Å²) in [6.07, 6.45) is 2.30. The summed E-state index contributed by atoms with van der Waals surface area (Å²) in [7, 11) is 0. The second-order valence-electron chi connectivity index (χ2n) is 5.70. The summed E-state index contributed by atoms with van der Waals surface area (Å²) in [6, 6.07) is 20.8. The maximum absolute atomic E-state index is 12.5. The van der Waals surface area contributed by atoms with Gasteiger partial charge in [-0.3, -0.25) is 4.79 Å². The van der Waals surface area contributed by atoms with Gasteiger partial charge in [-0.15, -0.1) is 0 Å². The minimum absolute atomic E-state index is 0.232. The summed E-state index contributed by atoms with van der Waals surface area (Å²) in [5, 5.41) is 0. The van der Waals surface area contributed by atoms with Gasteiger partial charge in [0.15, 0.2) is 0 Å². The molecule has 2 aromatic carbocycles. The van der Waals surface area contributed by atoms with E-state index in [4.69, 9.17) is 0 Å². The number of rotatable bonds is 7. The van der Waals surface area contributed by atoms with Crippen LogP contribution in [0.25, 0.3) is 0 Å². The van der Waals surface area contributed by atoms with Crippen LogP contribution in [0, 0.1) is 0 Å². The Labute approximate surface area is 133 Å². The quantitative estimate of drug-likeness (QED) is 0.753. The molecule has 0 saturated carbocycles. The first-order valence-corrected chi connectivity index (χ1v) is 8.08. The van der Waals surface area contributed by atoms with Gasteiger partial charge < -0.3 is 4.90 Å². The first-order chi connectivity index (χ1) is 10.7. The average molecular weight is 295 g/mol. The number of amides is 1. The third-order valence-corrected chi connectivity index (χ3v) is 4.04. The molecular formula is C20H25NO. The van der Waals surface area contributed by atoms with E-state index in [-0.39, 0.29) is 11.9 Å². The Kier molecular flexibility index (Phi) is 6.20. The van der Waals surface area contributed by atoms with Gasteiger partial charge in [-0.05, 0) is 37.8 Å². The molecule has 2 nitrogen and oxygen atoms in total. The summed E-state index contributed by atoms with van der Waals surface area (Å²) in [4.78, 5) is 14.5. The van der Waals surface area contributed by atoms with Crippen LogP contribution in [-0.4, -0.2) is 23.4 Å². The standard InChI is InChI=1S/C20H25NO/c1-3-21(17(2)16-19-12-8-5-9-13-19)20(22)15-14-18-10-6-4-7-11-18/h4-13,17H,3,14-16H2,1-2H3. The van der Waals surface area contributed by atoms with Crippen molar-refractivity contribution >= 4 is 5.91 Å². The number of carbonyl (C=O) groups is 1. The highest BCUT2D eigenvalue weighted by Crippen LogP contribution is 2.12. The topological polar surface area (TPSA) is 20.3 Å². The number of hydrogen-bond donors (Lipinski definition) is 0. The Morgan fingerprint density at radius 2 is 1.50 bits per heavy atom. The zero-order chi connectivity index (χ0) is 15.8. The lowest BCUT2D eigenvalue weighted by Gasteiger charge is -2.28. The molecule has 0 saturated heterocycles. The van der Waals surface area contributed by atoms with Crippen LogP contribution in [0.2, 0.25) is 0 Å². The van der Waals surface area contributed by atoms with Crippen LogP contribution in [0.5, 0.6) is 0 Å². The Bertz CT molecular complexity index is 565. The van der Waals surface area contributed by atoms with Gasteiger partial charge in [-0.2, -0.15) is 0 Å². The van der Waals surface area contributed by atoms with Crippen molar-refractivity contribution in [1.82, 2.24) is 4.90 Å². The van der Waals surface area contributed by atoms with Gasteiger partial charge in [-0.25, -0.2) is 0 Å². The van der Waals surface area contributed by atoms with Gasteiger partial charge in [0.2, 0.25) is 5.91 Å². The van der Waals surface area contributed by atoms with Crippen molar-refractivity contribution in [3.63, 3.8) is 0 Å². The van der Waals surface area contributed by atoms with Crippen LogP contribution >= 0.6 is 0 Å². The fourth-order valence-corrected chi connectivity index (χ4v) is 2.84. The molecule has 0 aliphatic rings. The van der Waals surface area contributed by atoms with Crippen LogP contribution < -0.4 is 0 Å². The van der Waals surface area contributed by atoms with Crippen molar-refractivity contribution in [3.8, 4) is 0 Å². The molecule has 2 heteroatoms. The third-order valence-electron chi connectivity index (χ3n) is 4.04. The number of nitrogens with zero attached hydrogens (tertiary/aromatic N) is 1. The van der Waals surface area contributed by atoms with E-state index in [9.17, 15) is 4.79 Å². The molecule has 0 heterocycles. The highest BCUT2D eigenvalue weighted by molar-refractivity contribution is 5.76. The largest absolute Gasteiger partial charge is 0.340 e. The minimum atomic E-state index is 0.232. The van der Waals surface area contributed by atoms with Crippen LogP contribution in [0.15, 0.2) is 60.7 Å². The van der Waals surface area contributed by atoms with Crippen molar-refractivity contribution in [2.75, 3.05) is 6.54 Å². The first kappa shape index (κ1) is 16.3. The number of likely N-dealkylation sites (N-methyl/N-ethyl adjacent to an activating group) is 1. The lowest BCUT2D eigenvalue weighted by molar-refractivity contribution is -0.132. The van der Waals surface area contributed by atoms with Crippen molar-refractivity contribution in [2.24, 2.45) is 0 Å². The Morgan fingerprint density at radius 1 is 0.955 bits per heavy atom. The molecule has 22 heavy (non-hydrogen) atoms. The molecule has 0 spiro atoms. The summed E-state index contributed by atoms with van der Waals surface area (Å²) in [6.45, 7) is 4.96. The van der Waals surface area contributed by atoms with Crippen molar-refractivity contribution in [2.45, 2.75) is 39.2 Å². The Balaban J connectivity index is 1.90. The molecule has 1 atom stereocenters. The second-order valence-corrected chi connectivity index (χ2v) is 5.70. The van der Waals surface area contributed by atoms with Gasteiger partial charge in [0.1, 0.15) is 0 Å². The molecule has 0 aliphatic heterocycles. The third kappa shape index (κ3) is 4.73. The lowest BCUT2D eigenvalue weighted by atomic mass is 10.0. The van der Waals surface area contributed by atoms with Gasteiger partial charge in [-0.1, -0.05) is 60.7 Å². The Hall–Kier alpha value is -2.09. The van der Waals surface area contributed by atoms with E-state index < -0.39 is 0 Å². The van der Waals surface area contributed by atoms with Crippen LogP contribution in [-0.2, 0) is 17.6 Å².